The maximum Gasteiger partial charge on any atom is 0.269 e. The van der Waals surface area contributed by atoms with Gasteiger partial charge in [-0.2, -0.15) is 5.10 Å². The molecule has 5 rings (SSSR count). The lowest BCUT2D eigenvalue weighted by Crippen LogP contribution is -2.45. The number of likely N-dealkylation sites (tertiary alicyclic amines) is 1. The first-order chi connectivity index (χ1) is 14.7. The van der Waals surface area contributed by atoms with Gasteiger partial charge < -0.3 is 10.3 Å². The Balaban J connectivity index is 1.29. The van der Waals surface area contributed by atoms with Crippen LogP contribution in [0.5, 0.6) is 0 Å². The summed E-state index contributed by atoms with van der Waals surface area (Å²) in [6.45, 7) is 0.887. The average molecular weight is 401 g/mol. The zero-order chi connectivity index (χ0) is 20.5. The van der Waals surface area contributed by atoms with E-state index in [4.69, 9.17) is 4.98 Å². The molecule has 4 heterocycles. The lowest BCUT2D eigenvalue weighted by molar-refractivity contribution is 0.0879. The van der Waals surface area contributed by atoms with Gasteiger partial charge in [0, 0.05) is 30.5 Å². The standard InChI is InChI=1S/C22H23N7O/c1-29-11-8-15(12-20(29)21-25-16-4-2-3-5-17(16)26-21)24-22(30)19-13-18(27-28-19)14-6-9-23-10-7-14/h2-7,9-10,13,15,20H,8,11-12H2,1H3,(H,24,30)(H,25,26)(H,27,28)/t15-,20-/m1/s1. The van der Waals surface area contributed by atoms with Gasteiger partial charge in [-0.3, -0.25) is 19.8 Å². The summed E-state index contributed by atoms with van der Waals surface area (Å²) in [6, 6.07) is 13.7. The molecule has 0 saturated carbocycles. The van der Waals surface area contributed by atoms with Crippen molar-refractivity contribution in [1.82, 2.24) is 35.4 Å². The number of nitrogens with one attached hydrogen (secondary N) is 3. The van der Waals surface area contributed by atoms with E-state index >= 15 is 0 Å². The van der Waals surface area contributed by atoms with E-state index in [0.717, 1.165) is 47.5 Å². The SMILES string of the molecule is CN1CC[C@@H](NC(=O)c2cc(-c3ccncc3)n[nH]2)C[C@@H]1c1nc2ccccc2[nH]1. The van der Waals surface area contributed by atoms with Gasteiger partial charge in [-0.05, 0) is 50.2 Å². The molecule has 1 aliphatic rings. The minimum absolute atomic E-state index is 0.0691. The van der Waals surface area contributed by atoms with Crippen molar-refractivity contribution < 1.29 is 4.79 Å². The largest absolute Gasteiger partial charge is 0.348 e. The fourth-order valence-electron chi connectivity index (χ4n) is 4.04. The molecule has 3 aromatic heterocycles. The van der Waals surface area contributed by atoms with Crippen molar-refractivity contribution >= 4 is 16.9 Å². The molecule has 1 aromatic carbocycles. The zero-order valence-electron chi connectivity index (χ0n) is 16.7. The maximum atomic E-state index is 12.8. The lowest BCUT2D eigenvalue weighted by Gasteiger charge is -2.36. The second-order valence-corrected chi connectivity index (χ2v) is 7.73. The second-order valence-electron chi connectivity index (χ2n) is 7.73. The summed E-state index contributed by atoms with van der Waals surface area (Å²) in [5.41, 5.74) is 4.11. The van der Waals surface area contributed by atoms with Crippen LogP contribution in [0.3, 0.4) is 0 Å². The average Bonchev–Trinajstić information content (AvgIpc) is 3.43. The van der Waals surface area contributed by atoms with Gasteiger partial charge in [0.05, 0.1) is 22.8 Å². The molecule has 1 amide bonds. The van der Waals surface area contributed by atoms with Gasteiger partial charge in [-0.15, -0.1) is 0 Å². The van der Waals surface area contributed by atoms with Crippen LogP contribution in [0.4, 0.5) is 0 Å². The monoisotopic (exact) mass is 401 g/mol. The summed E-state index contributed by atoms with van der Waals surface area (Å²) in [4.78, 5) is 27.3. The molecule has 0 bridgehead atoms. The Bertz CT molecular complexity index is 1130. The van der Waals surface area contributed by atoms with Crippen LogP contribution in [0.1, 0.15) is 35.2 Å². The number of carbonyl (C=O) groups excluding carboxylic acids is 1. The van der Waals surface area contributed by atoms with E-state index in [2.05, 4.69) is 37.4 Å². The summed E-state index contributed by atoms with van der Waals surface area (Å²) < 4.78 is 0. The third kappa shape index (κ3) is 3.57. The van der Waals surface area contributed by atoms with Gasteiger partial charge in [0.1, 0.15) is 11.5 Å². The first-order valence-electron chi connectivity index (χ1n) is 10.1. The first-order valence-corrected chi connectivity index (χ1v) is 10.1. The van der Waals surface area contributed by atoms with E-state index in [1.165, 1.54) is 0 Å². The molecular formula is C22H23N7O. The van der Waals surface area contributed by atoms with Crippen LogP contribution in [-0.4, -0.2) is 55.6 Å². The van der Waals surface area contributed by atoms with Gasteiger partial charge in [0.15, 0.2) is 0 Å². The summed E-state index contributed by atoms with van der Waals surface area (Å²) in [6.07, 6.45) is 5.11. The van der Waals surface area contributed by atoms with Crippen LogP contribution in [-0.2, 0) is 0 Å². The molecule has 1 aliphatic heterocycles. The minimum atomic E-state index is -0.138. The topological polar surface area (TPSA) is 103 Å². The first kappa shape index (κ1) is 18.5. The Labute approximate surface area is 173 Å². The van der Waals surface area contributed by atoms with Gasteiger partial charge >= 0.3 is 0 Å². The molecule has 8 heteroatoms. The van der Waals surface area contributed by atoms with E-state index in [9.17, 15) is 4.79 Å². The van der Waals surface area contributed by atoms with Crippen molar-refractivity contribution in [2.24, 2.45) is 0 Å². The number of amides is 1. The molecule has 0 spiro atoms. The number of para-hydroxylation sites is 2. The number of aromatic nitrogens is 5. The minimum Gasteiger partial charge on any atom is -0.348 e. The molecule has 152 valence electrons. The normalized spacial score (nSPS) is 19.8. The summed E-state index contributed by atoms with van der Waals surface area (Å²) in [5, 5.41) is 10.3. The number of fused-ring (bicyclic) bond motifs is 1. The van der Waals surface area contributed by atoms with Crippen LogP contribution in [0.15, 0.2) is 54.9 Å². The number of H-pyrrole nitrogens is 2. The van der Waals surface area contributed by atoms with E-state index in [1.807, 2.05) is 36.4 Å². The van der Waals surface area contributed by atoms with E-state index in [0.29, 0.717) is 5.69 Å². The Morgan fingerprint density at radius 2 is 2.03 bits per heavy atom. The number of hydrogen-bond donors (Lipinski definition) is 3. The van der Waals surface area contributed by atoms with Crippen molar-refractivity contribution in [2.45, 2.75) is 24.9 Å². The number of pyridine rings is 1. The van der Waals surface area contributed by atoms with Crippen LogP contribution < -0.4 is 5.32 Å². The van der Waals surface area contributed by atoms with Gasteiger partial charge in [0.2, 0.25) is 0 Å². The molecule has 0 unspecified atom stereocenters. The maximum absolute atomic E-state index is 12.8. The fraction of sp³-hybridized carbons (Fsp3) is 0.273. The highest BCUT2D eigenvalue weighted by Crippen LogP contribution is 2.29. The fourth-order valence-corrected chi connectivity index (χ4v) is 4.04. The molecule has 2 atom stereocenters. The predicted molar refractivity (Wildman–Crippen MR) is 114 cm³/mol. The van der Waals surface area contributed by atoms with Crippen molar-refractivity contribution in [3.8, 4) is 11.3 Å². The van der Waals surface area contributed by atoms with Crippen molar-refractivity contribution in [2.75, 3.05) is 13.6 Å². The highest BCUT2D eigenvalue weighted by Gasteiger charge is 2.30. The zero-order valence-corrected chi connectivity index (χ0v) is 16.7. The Kier molecular flexibility index (Phi) is 4.76. The lowest BCUT2D eigenvalue weighted by atomic mass is 9.97. The van der Waals surface area contributed by atoms with Crippen LogP contribution in [0, 0.1) is 0 Å². The number of aromatic amines is 2. The predicted octanol–water partition coefficient (Wildman–Crippen LogP) is 2.91. The number of nitrogens with zero attached hydrogens (tertiary/aromatic N) is 4. The van der Waals surface area contributed by atoms with Crippen LogP contribution in [0.25, 0.3) is 22.3 Å². The van der Waals surface area contributed by atoms with Crippen molar-refractivity contribution in [1.29, 1.82) is 0 Å². The van der Waals surface area contributed by atoms with Crippen LogP contribution in [0.2, 0.25) is 0 Å². The van der Waals surface area contributed by atoms with E-state index in [-0.39, 0.29) is 18.0 Å². The molecule has 0 radical (unpaired) electrons. The highest BCUT2D eigenvalue weighted by atomic mass is 16.2. The molecule has 30 heavy (non-hydrogen) atoms. The van der Waals surface area contributed by atoms with Gasteiger partial charge in [0.25, 0.3) is 5.91 Å². The third-order valence-corrected chi connectivity index (χ3v) is 5.73. The molecule has 8 nitrogen and oxygen atoms in total. The molecule has 1 fully saturated rings. The molecule has 0 aliphatic carbocycles. The Morgan fingerprint density at radius 3 is 2.87 bits per heavy atom. The second kappa shape index (κ2) is 7.72. The quantitative estimate of drug-likeness (QED) is 0.488. The summed E-state index contributed by atoms with van der Waals surface area (Å²) in [7, 11) is 2.10. The van der Waals surface area contributed by atoms with Crippen LogP contribution >= 0.6 is 0 Å². The molecular weight excluding hydrogens is 378 g/mol. The molecule has 4 aromatic rings. The number of imidazole rings is 1. The van der Waals surface area contributed by atoms with Crippen molar-refractivity contribution in [3.63, 3.8) is 0 Å². The number of hydrogen-bond acceptors (Lipinski definition) is 5. The number of carbonyl (C=O) groups is 1. The molecule has 3 N–H and O–H groups in total. The number of piperidine rings is 1. The number of benzene rings is 1. The molecule has 1 saturated heterocycles. The number of rotatable bonds is 4. The van der Waals surface area contributed by atoms with E-state index in [1.54, 1.807) is 18.5 Å². The third-order valence-electron chi connectivity index (χ3n) is 5.73. The summed E-state index contributed by atoms with van der Waals surface area (Å²) in [5.74, 6) is 0.805. The van der Waals surface area contributed by atoms with Gasteiger partial charge in [-0.25, -0.2) is 4.98 Å². The summed E-state index contributed by atoms with van der Waals surface area (Å²) >= 11 is 0. The Morgan fingerprint density at radius 1 is 1.20 bits per heavy atom. The van der Waals surface area contributed by atoms with Gasteiger partial charge in [-0.1, -0.05) is 12.1 Å². The highest BCUT2D eigenvalue weighted by molar-refractivity contribution is 5.93. The Hall–Kier alpha value is -3.52. The van der Waals surface area contributed by atoms with E-state index < -0.39 is 0 Å². The van der Waals surface area contributed by atoms with Crippen molar-refractivity contribution in [3.05, 3.63) is 66.4 Å². The smallest absolute Gasteiger partial charge is 0.269 e.